The number of hydrogen-bond acceptors (Lipinski definition) is 11. The molecule has 12 nitrogen and oxygen atoms in total. The molecule has 0 aromatic heterocycles. The lowest BCUT2D eigenvalue weighted by atomic mass is 9.99. The second-order valence-corrected chi connectivity index (χ2v) is 17.7. The van der Waals surface area contributed by atoms with Crippen molar-refractivity contribution < 1.29 is 56.2 Å². The van der Waals surface area contributed by atoms with E-state index in [1.165, 1.54) is 38.5 Å². The van der Waals surface area contributed by atoms with Gasteiger partial charge in [0.05, 0.1) is 19.8 Å². The molecule has 378 valence electrons. The maximum atomic E-state index is 12.9. The van der Waals surface area contributed by atoms with Crippen LogP contribution in [-0.4, -0.2) is 97.5 Å². The molecule has 6 unspecified atom stereocenters. The molecule has 6 atom stereocenters. The summed E-state index contributed by atoms with van der Waals surface area (Å²) in [7, 11) is -5.07. The number of rotatable bonds is 42. The largest absolute Gasteiger partial charge is 0.457 e. The van der Waals surface area contributed by atoms with Gasteiger partial charge in [-0.15, -0.1) is 0 Å². The molecule has 0 saturated carbocycles. The number of aliphatic hydroxyl groups excluding tert-OH is 3. The fourth-order valence-electron chi connectivity index (χ4n) is 7.01. The third-order valence-electron chi connectivity index (χ3n) is 10.7. The molecule has 13 heteroatoms. The van der Waals surface area contributed by atoms with Crippen molar-refractivity contribution in [3.8, 4) is 0 Å². The minimum Gasteiger partial charge on any atom is -0.457 e. The Labute approximate surface area is 399 Å². The molecule has 0 radical (unpaired) electrons. The van der Waals surface area contributed by atoms with E-state index in [9.17, 15) is 33.1 Å². The summed E-state index contributed by atoms with van der Waals surface area (Å²) in [4.78, 5) is 12.9. The Balaban J connectivity index is 2.39. The van der Waals surface area contributed by atoms with Crippen molar-refractivity contribution >= 4 is 16.4 Å². The highest BCUT2D eigenvalue weighted by Gasteiger charge is 2.48. The van der Waals surface area contributed by atoms with Crippen molar-refractivity contribution in [1.29, 1.82) is 0 Å². The van der Waals surface area contributed by atoms with E-state index in [2.05, 4.69) is 115 Å². The molecule has 1 saturated heterocycles. The summed E-state index contributed by atoms with van der Waals surface area (Å²) >= 11 is 0. The molecular formula is C53H88O12S. The summed E-state index contributed by atoms with van der Waals surface area (Å²) in [6, 6.07) is 0. The van der Waals surface area contributed by atoms with Crippen LogP contribution in [0.2, 0.25) is 0 Å². The topological polar surface area (TPSA) is 178 Å². The molecule has 1 aliphatic heterocycles. The maximum absolute atomic E-state index is 12.9. The quantitative estimate of drug-likeness (QED) is 0.0197. The van der Waals surface area contributed by atoms with E-state index in [-0.39, 0.29) is 19.6 Å². The van der Waals surface area contributed by atoms with Crippen LogP contribution in [0.15, 0.2) is 97.2 Å². The zero-order valence-corrected chi connectivity index (χ0v) is 41.3. The van der Waals surface area contributed by atoms with Crippen LogP contribution >= 0.6 is 0 Å². The van der Waals surface area contributed by atoms with Crippen LogP contribution in [0, 0.1) is 0 Å². The fourth-order valence-corrected chi connectivity index (χ4v) is 7.52. The van der Waals surface area contributed by atoms with Crippen molar-refractivity contribution in [2.24, 2.45) is 0 Å². The summed E-state index contributed by atoms with van der Waals surface area (Å²) < 4.78 is 59.2. The lowest BCUT2D eigenvalue weighted by Crippen LogP contribution is -2.60. The van der Waals surface area contributed by atoms with Crippen molar-refractivity contribution in [2.45, 2.75) is 205 Å². The molecule has 0 aromatic carbocycles. The van der Waals surface area contributed by atoms with Crippen LogP contribution in [0.1, 0.15) is 168 Å². The summed E-state index contributed by atoms with van der Waals surface area (Å²) in [6.45, 7) is 3.67. The Bertz CT molecular complexity index is 1520. The van der Waals surface area contributed by atoms with E-state index in [1.807, 2.05) is 0 Å². The van der Waals surface area contributed by atoms with E-state index < -0.39 is 59.8 Å². The summed E-state index contributed by atoms with van der Waals surface area (Å²) in [5.41, 5.74) is 0. The van der Waals surface area contributed by atoms with Gasteiger partial charge in [-0.25, -0.2) is 4.18 Å². The van der Waals surface area contributed by atoms with Crippen LogP contribution in [0.3, 0.4) is 0 Å². The van der Waals surface area contributed by atoms with Crippen LogP contribution in [-0.2, 0) is 38.3 Å². The normalized spacial score (nSPS) is 20.4. The van der Waals surface area contributed by atoms with Gasteiger partial charge in [0.15, 0.2) is 6.29 Å². The average molecular weight is 949 g/mol. The Hall–Kier alpha value is -2.98. The van der Waals surface area contributed by atoms with Gasteiger partial charge in [-0.05, 0) is 89.9 Å². The fraction of sp³-hybridized carbons (Fsp3) is 0.679. The molecule has 1 rings (SSSR count). The number of carbonyl (C=O) groups is 1. The number of esters is 1. The minimum absolute atomic E-state index is 0.00680. The average Bonchev–Trinajstić information content (AvgIpc) is 3.29. The molecule has 4 N–H and O–H groups in total. The summed E-state index contributed by atoms with van der Waals surface area (Å²) in [5, 5.41) is 30.7. The van der Waals surface area contributed by atoms with E-state index in [1.54, 1.807) is 0 Å². The van der Waals surface area contributed by atoms with E-state index >= 15 is 0 Å². The predicted molar refractivity (Wildman–Crippen MR) is 266 cm³/mol. The third kappa shape index (κ3) is 36.1. The molecular weight excluding hydrogens is 861 g/mol. The van der Waals surface area contributed by atoms with Crippen molar-refractivity contribution in [2.75, 3.05) is 26.4 Å². The molecule has 0 aromatic rings. The van der Waals surface area contributed by atoms with Gasteiger partial charge in [0.2, 0.25) is 0 Å². The first-order chi connectivity index (χ1) is 32.1. The number of carbonyl (C=O) groups excluding carboxylic acids is 1. The van der Waals surface area contributed by atoms with Gasteiger partial charge in [0.1, 0.15) is 30.5 Å². The monoisotopic (exact) mass is 949 g/mol. The Kier molecular flexibility index (Phi) is 40.1. The number of aliphatic hydroxyl groups is 3. The summed E-state index contributed by atoms with van der Waals surface area (Å²) in [5.74, 6) is -0.420. The molecule has 1 aliphatic rings. The highest BCUT2D eigenvalue weighted by Crippen LogP contribution is 2.26. The third-order valence-corrected chi connectivity index (χ3v) is 11.2. The van der Waals surface area contributed by atoms with Gasteiger partial charge in [-0.2, -0.15) is 8.42 Å². The zero-order valence-electron chi connectivity index (χ0n) is 40.5. The number of allylic oxidation sites excluding steroid dienone is 16. The molecule has 0 amide bonds. The second kappa shape index (κ2) is 43.3. The van der Waals surface area contributed by atoms with Crippen LogP contribution in [0.5, 0.6) is 0 Å². The highest BCUT2D eigenvalue weighted by molar-refractivity contribution is 7.80. The van der Waals surface area contributed by atoms with Crippen LogP contribution < -0.4 is 0 Å². The Morgan fingerprint density at radius 2 is 1.00 bits per heavy atom. The molecule has 66 heavy (non-hydrogen) atoms. The van der Waals surface area contributed by atoms with E-state index in [0.29, 0.717) is 13.0 Å². The van der Waals surface area contributed by atoms with Crippen LogP contribution in [0.25, 0.3) is 0 Å². The van der Waals surface area contributed by atoms with Gasteiger partial charge >= 0.3 is 16.4 Å². The van der Waals surface area contributed by atoms with E-state index in [4.69, 9.17) is 18.9 Å². The molecule has 0 bridgehead atoms. The maximum Gasteiger partial charge on any atom is 0.397 e. The Morgan fingerprint density at radius 3 is 1.45 bits per heavy atom. The summed E-state index contributed by atoms with van der Waals surface area (Å²) in [6.07, 6.45) is 50.1. The first-order valence-electron chi connectivity index (χ1n) is 25.0. The van der Waals surface area contributed by atoms with Crippen LogP contribution in [0.4, 0.5) is 0 Å². The second-order valence-electron chi connectivity index (χ2n) is 16.6. The van der Waals surface area contributed by atoms with Crippen molar-refractivity contribution in [1.82, 2.24) is 0 Å². The first-order valence-corrected chi connectivity index (χ1v) is 26.4. The highest BCUT2D eigenvalue weighted by atomic mass is 32.3. The lowest BCUT2D eigenvalue weighted by molar-refractivity contribution is -0.301. The zero-order chi connectivity index (χ0) is 48.2. The SMILES string of the molecule is CC/C=C\C/C=C\C/C=C\C/C=C\CCCCCCCCCCCCC(=O)OC(COCCCCC/C=C\C/C=C\C/C=C\C/C=C\CC)COC1OC(CO)C(O)C(OS(=O)(=O)O)C1O. The lowest BCUT2D eigenvalue weighted by Gasteiger charge is -2.41. The van der Waals surface area contributed by atoms with E-state index in [0.717, 1.165) is 103 Å². The van der Waals surface area contributed by atoms with Gasteiger partial charge in [0.25, 0.3) is 0 Å². The standard InChI is InChI=1S/C53H88O12S/c1-3-5-7-9-11-13-15-17-19-21-22-23-24-25-26-27-28-30-32-34-36-38-40-42-49(55)63-47(46-62-53-51(57)52(65-66(58,59)60)50(56)48(44-54)64-53)45-61-43-41-39-37-35-33-31-29-20-18-16-14-12-10-8-6-4-2/h5-8,11-14,17-20,22-23,31,33,47-48,50-54,56-57H,3-4,9-10,15-16,21,24-30,32,34-46H2,1-2H3,(H,58,59,60)/b7-5-,8-6-,13-11-,14-12-,19-17-,20-18-,23-22-,33-31-. The van der Waals surface area contributed by atoms with Gasteiger partial charge < -0.3 is 34.3 Å². The molecule has 0 spiro atoms. The van der Waals surface area contributed by atoms with Gasteiger partial charge in [0, 0.05) is 13.0 Å². The predicted octanol–water partition coefficient (Wildman–Crippen LogP) is 11.4. The number of hydrogen-bond donors (Lipinski definition) is 4. The number of ether oxygens (including phenoxy) is 4. The minimum atomic E-state index is -5.07. The van der Waals surface area contributed by atoms with Crippen molar-refractivity contribution in [3.05, 3.63) is 97.2 Å². The molecule has 0 aliphatic carbocycles. The van der Waals surface area contributed by atoms with Gasteiger partial charge in [-0.1, -0.05) is 169 Å². The van der Waals surface area contributed by atoms with Crippen molar-refractivity contribution in [3.63, 3.8) is 0 Å². The smallest absolute Gasteiger partial charge is 0.397 e. The van der Waals surface area contributed by atoms with Gasteiger partial charge in [-0.3, -0.25) is 9.35 Å². The molecule has 1 fully saturated rings. The Morgan fingerprint density at radius 1 is 0.576 bits per heavy atom. The number of unbranched alkanes of at least 4 members (excludes halogenated alkanes) is 13. The first kappa shape index (κ1) is 61.0. The molecule has 1 heterocycles.